The summed E-state index contributed by atoms with van der Waals surface area (Å²) >= 11 is 0. The molecule has 0 aliphatic heterocycles. The van der Waals surface area contributed by atoms with Crippen LogP contribution in [0, 0.1) is 5.92 Å². The van der Waals surface area contributed by atoms with Crippen molar-refractivity contribution < 1.29 is 9.26 Å². The summed E-state index contributed by atoms with van der Waals surface area (Å²) in [7, 11) is 1.89. The molecule has 0 aliphatic carbocycles. The number of hydrogen-bond donors (Lipinski definition) is 1. The van der Waals surface area contributed by atoms with Crippen molar-refractivity contribution in [1.82, 2.24) is 10.5 Å². The van der Waals surface area contributed by atoms with Gasteiger partial charge >= 0.3 is 0 Å². The highest BCUT2D eigenvalue weighted by atomic mass is 16.5. The lowest BCUT2D eigenvalue weighted by Gasteiger charge is -2.04. The van der Waals surface area contributed by atoms with E-state index in [-0.39, 0.29) is 0 Å². The zero-order valence-corrected chi connectivity index (χ0v) is 10.5. The number of nitrogens with one attached hydrogen (secondary N) is 1. The lowest BCUT2D eigenvalue weighted by molar-refractivity contribution is 0.0960. The molecule has 0 aromatic carbocycles. The SMILES string of the molecule is CNCc1cc(COCCCC(C)C)on1. The van der Waals surface area contributed by atoms with Crippen molar-refractivity contribution in [3.63, 3.8) is 0 Å². The van der Waals surface area contributed by atoms with Gasteiger partial charge in [0, 0.05) is 19.2 Å². The third-order valence-electron chi connectivity index (χ3n) is 2.28. The Morgan fingerprint density at radius 3 is 3.00 bits per heavy atom. The van der Waals surface area contributed by atoms with Crippen LogP contribution in [0.3, 0.4) is 0 Å². The zero-order valence-electron chi connectivity index (χ0n) is 10.5. The lowest BCUT2D eigenvalue weighted by atomic mass is 10.1. The van der Waals surface area contributed by atoms with Crippen LogP contribution in [0.4, 0.5) is 0 Å². The summed E-state index contributed by atoms with van der Waals surface area (Å²) in [5.41, 5.74) is 0.920. The van der Waals surface area contributed by atoms with Gasteiger partial charge in [-0.05, 0) is 25.8 Å². The first-order chi connectivity index (χ1) is 7.72. The normalized spacial score (nSPS) is 11.2. The first kappa shape index (κ1) is 13.2. The number of nitrogens with zero attached hydrogens (tertiary/aromatic N) is 1. The molecule has 0 atom stereocenters. The van der Waals surface area contributed by atoms with E-state index in [4.69, 9.17) is 9.26 Å². The molecule has 0 amide bonds. The molecule has 1 rings (SSSR count). The molecule has 1 aromatic heterocycles. The van der Waals surface area contributed by atoms with Crippen LogP contribution in [0.5, 0.6) is 0 Å². The van der Waals surface area contributed by atoms with Gasteiger partial charge in [-0.1, -0.05) is 19.0 Å². The molecule has 0 aliphatic rings. The van der Waals surface area contributed by atoms with Crippen LogP contribution in [-0.4, -0.2) is 18.8 Å². The molecule has 0 saturated heterocycles. The number of aromatic nitrogens is 1. The van der Waals surface area contributed by atoms with Gasteiger partial charge in [0.05, 0.1) is 5.69 Å². The molecular weight excluding hydrogens is 204 g/mol. The zero-order chi connectivity index (χ0) is 11.8. The van der Waals surface area contributed by atoms with Crippen molar-refractivity contribution in [2.75, 3.05) is 13.7 Å². The summed E-state index contributed by atoms with van der Waals surface area (Å²) in [6.45, 7) is 6.49. The number of hydrogen-bond acceptors (Lipinski definition) is 4. The third kappa shape index (κ3) is 5.28. The fraction of sp³-hybridized carbons (Fsp3) is 0.750. The van der Waals surface area contributed by atoms with Crippen LogP contribution in [0.15, 0.2) is 10.6 Å². The van der Waals surface area contributed by atoms with E-state index >= 15 is 0 Å². The first-order valence-electron chi connectivity index (χ1n) is 5.89. The van der Waals surface area contributed by atoms with E-state index in [0.29, 0.717) is 6.61 Å². The van der Waals surface area contributed by atoms with Crippen LogP contribution in [-0.2, 0) is 17.9 Å². The summed E-state index contributed by atoms with van der Waals surface area (Å²) in [6, 6.07) is 1.93. The van der Waals surface area contributed by atoms with Crippen molar-refractivity contribution in [3.8, 4) is 0 Å². The molecular formula is C12H22N2O2. The average Bonchev–Trinajstić information content (AvgIpc) is 2.65. The molecule has 1 aromatic rings. The maximum absolute atomic E-state index is 5.51. The van der Waals surface area contributed by atoms with Crippen molar-refractivity contribution in [2.45, 2.75) is 39.8 Å². The number of ether oxygens (including phenoxy) is 1. The van der Waals surface area contributed by atoms with Gasteiger partial charge in [0.2, 0.25) is 0 Å². The van der Waals surface area contributed by atoms with Gasteiger partial charge in [-0.2, -0.15) is 0 Å². The van der Waals surface area contributed by atoms with Gasteiger partial charge in [0.1, 0.15) is 6.61 Å². The summed E-state index contributed by atoms with van der Waals surface area (Å²) in [5.74, 6) is 1.55. The summed E-state index contributed by atoms with van der Waals surface area (Å²) in [4.78, 5) is 0. The highest BCUT2D eigenvalue weighted by Gasteiger charge is 2.03. The monoisotopic (exact) mass is 226 g/mol. The molecule has 4 nitrogen and oxygen atoms in total. The Hall–Kier alpha value is -0.870. The molecule has 0 bridgehead atoms. The first-order valence-corrected chi connectivity index (χ1v) is 5.89. The minimum absolute atomic E-state index is 0.523. The lowest BCUT2D eigenvalue weighted by Crippen LogP contribution is -2.04. The van der Waals surface area contributed by atoms with Crippen molar-refractivity contribution in [2.24, 2.45) is 5.92 Å². The number of rotatable bonds is 8. The predicted octanol–water partition coefficient (Wildman–Crippen LogP) is 2.35. The van der Waals surface area contributed by atoms with Crippen molar-refractivity contribution in [1.29, 1.82) is 0 Å². The second-order valence-corrected chi connectivity index (χ2v) is 4.40. The predicted molar refractivity (Wildman–Crippen MR) is 63.0 cm³/mol. The van der Waals surface area contributed by atoms with Crippen LogP contribution in [0.1, 0.15) is 38.1 Å². The van der Waals surface area contributed by atoms with Crippen LogP contribution >= 0.6 is 0 Å². The summed E-state index contributed by atoms with van der Waals surface area (Å²) in [5, 5.41) is 6.94. The Labute approximate surface area is 97.3 Å². The van der Waals surface area contributed by atoms with Gasteiger partial charge in [-0.15, -0.1) is 0 Å². The minimum atomic E-state index is 0.523. The van der Waals surface area contributed by atoms with E-state index < -0.39 is 0 Å². The Kier molecular flexibility index (Phi) is 6.11. The highest BCUT2D eigenvalue weighted by Crippen LogP contribution is 2.07. The summed E-state index contributed by atoms with van der Waals surface area (Å²) < 4.78 is 10.6. The van der Waals surface area contributed by atoms with Crippen molar-refractivity contribution >= 4 is 0 Å². The Morgan fingerprint density at radius 2 is 2.31 bits per heavy atom. The molecule has 92 valence electrons. The minimum Gasteiger partial charge on any atom is -0.373 e. The van der Waals surface area contributed by atoms with Crippen LogP contribution < -0.4 is 5.32 Å². The molecule has 1 N–H and O–H groups in total. The van der Waals surface area contributed by atoms with E-state index in [0.717, 1.165) is 36.9 Å². The average molecular weight is 226 g/mol. The molecule has 0 fully saturated rings. The van der Waals surface area contributed by atoms with Crippen LogP contribution in [0.2, 0.25) is 0 Å². The molecule has 0 radical (unpaired) electrons. The van der Waals surface area contributed by atoms with E-state index in [1.165, 1.54) is 6.42 Å². The standard InChI is InChI=1S/C12H22N2O2/c1-10(2)5-4-6-15-9-12-7-11(8-13-3)14-16-12/h7,10,13H,4-6,8-9H2,1-3H3. The Morgan fingerprint density at radius 1 is 1.50 bits per heavy atom. The molecule has 0 spiro atoms. The van der Waals surface area contributed by atoms with E-state index in [1.807, 2.05) is 13.1 Å². The fourth-order valence-electron chi connectivity index (χ4n) is 1.45. The molecule has 16 heavy (non-hydrogen) atoms. The topological polar surface area (TPSA) is 47.3 Å². The van der Waals surface area contributed by atoms with Gasteiger partial charge < -0.3 is 14.6 Å². The summed E-state index contributed by atoms with van der Waals surface area (Å²) in [6.07, 6.45) is 2.32. The maximum atomic E-state index is 5.51. The highest BCUT2D eigenvalue weighted by molar-refractivity contribution is 5.03. The quantitative estimate of drug-likeness (QED) is 0.691. The Balaban J connectivity index is 2.12. The Bertz CT molecular complexity index is 284. The van der Waals surface area contributed by atoms with E-state index in [9.17, 15) is 0 Å². The third-order valence-corrected chi connectivity index (χ3v) is 2.28. The van der Waals surface area contributed by atoms with Gasteiger partial charge in [0.25, 0.3) is 0 Å². The van der Waals surface area contributed by atoms with Gasteiger partial charge in [0.15, 0.2) is 5.76 Å². The molecule has 4 heteroatoms. The maximum Gasteiger partial charge on any atom is 0.162 e. The largest absolute Gasteiger partial charge is 0.373 e. The van der Waals surface area contributed by atoms with Crippen LogP contribution in [0.25, 0.3) is 0 Å². The molecule has 1 heterocycles. The van der Waals surface area contributed by atoms with E-state index in [2.05, 4.69) is 24.3 Å². The smallest absolute Gasteiger partial charge is 0.162 e. The second-order valence-electron chi connectivity index (χ2n) is 4.40. The van der Waals surface area contributed by atoms with Gasteiger partial charge in [-0.25, -0.2) is 0 Å². The van der Waals surface area contributed by atoms with E-state index in [1.54, 1.807) is 0 Å². The second kappa shape index (κ2) is 7.41. The van der Waals surface area contributed by atoms with Gasteiger partial charge in [-0.3, -0.25) is 0 Å². The van der Waals surface area contributed by atoms with Crippen molar-refractivity contribution in [3.05, 3.63) is 17.5 Å². The molecule has 0 saturated carbocycles. The molecule has 0 unspecified atom stereocenters. The fourth-order valence-corrected chi connectivity index (χ4v) is 1.45.